The predicted molar refractivity (Wildman–Crippen MR) is 84.9 cm³/mol. The number of benzene rings is 1. The van der Waals surface area contributed by atoms with Gasteiger partial charge in [0, 0.05) is 17.8 Å². The average molecular weight is 270 g/mol. The lowest BCUT2D eigenvalue weighted by atomic mass is 10.1. The summed E-state index contributed by atoms with van der Waals surface area (Å²) < 4.78 is 0. The van der Waals surface area contributed by atoms with Crippen molar-refractivity contribution in [2.24, 2.45) is 0 Å². The largest absolute Gasteiger partial charge is 0.370 e. The number of nitrogens with one attached hydrogen (secondary N) is 2. The highest BCUT2D eigenvalue weighted by atomic mass is 15.1. The monoisotopic (exact) mass is 270 g/mol. The molecule has 2 aromatic rings. The Kier molecular flexibility index (Phi) is 4.23. The number of hydrogen-bond acceptors (Lipinski definition) is 4. The Morgan fingerprint density at radius 2 is 1.50 bits per heavy atom. The van der Waals surface area contributed by atoms with Crippen molar-refractivity contribution in [2.45, 2.75) is 34.6 Å². The Hall–Kier alpha value is -2.10. The number of aryl methyl sites for hydroxylation is 3. The lowest BCUT2D eigenvalue weighted by Crippen LogP contribution is -2.07. The van der Waals surface area contributed by atoms with Gasteiger partial charge in [-0.3, -0.25) is 0 Å². The van der Waals surface area contributed by atoms with Gasteiger partial charge in [0.05, 0.1) is 0 Å². The number of aromatic nitrogens is 2. The van der Waals surface area contributed by atoms with E-state index < -0.39 is 0 Å². The van der Waals surface area contributed by atoms with Crippen LogP contribution in [0, 0.1) is 27.7 Å². The minimum Gasteiger partial charge on any atom is -0.370 e. The smallest absolute Gasteiger partial charge is 0.139 e. The molecule has 4 nitrogen and oxygen atoms in total. The Labute approximate surface area is 120 Å². The van der Waals surface area contributed by atoms with Crippen molar-refractivity contribution in [1.29, 1.82) is 0 Å². The quantitative estimate of drug-likeness (QED) is 0.885. The van der Waals surface area contributed by atoms with E-state index in [9.17, 15) is 0 Å². The maximum atomic E-state index is 4.51. The zero-order valence-corrected chi connectivity index (χ0v) is 12.8. The van der Waals surface area contributed by atoms with Crippen molar-refractivity contribution in [1.82, 2.24) is 9.97 Å². The molecule has 0 aliphatic rings. The first kappa shape index (κ1) is 14.3. The van der Waals surface area contributed by atoms with Crippen molar-refractivity contribution < 1.29 is 0 Å². The Morgan fingerprint density at radius 3 is 2.10 bits per heavy atom. The summed E-state index contributed by atoms with van der Waals surface area (Å²) in [6.45, 7) is 11.0. The fourth-order valence-corrected chi connectivity index (χ4v) is 2.27. The van der Waals surface area contributed by atoms with Crippen LogP contribution in [0.15, 0.2) is 18.2 Å². The van der Waals surface area contributed by atoms with Crippen molar-refractivity contribution in [3.63, 3.8) is 0 Å². The van der Waals surface area contributed by atoms with Crippen LogP contribution < -0.4 is 10.6 Å². The molecule has 20 heavy (non-hydrogen) atoms. The summed E-state index contributed by atoms with van der Waals surface area (Å²) in [7, 11) is 0. The summed E-state index contributed by atoms with van der Waals surface area (Å²) in [6.07, 6.45) is 0. The standard InChI is InChI=1S/C16H22N4/c1-6-17-15-12(4)16(19-13(5)18-15)20-14-8-10(2)7-11(3)9-14/h7-9H,6H2,1-5H3,(H2,17,18,19,20). The molecule has 1 aromatic carbocycles. The van der Waals surface area contributed by atoms with Crippen molar-refractivity contribution in [2.75, 3.05) is 17.2 Å². The molecule has 1 aromatic heterocycles. The molecule has 0 aliphatic carbocycles. The summed E-state index contributed by atoms with van der Waals surface area (Å²) >= 11 is 0. The van der Waals surface area contributed by atoms with E-state index in [0.29, 0.717) is 0 Å². The third kappa shape index (κ3) is 3.26. The molecule has 0 unspecified atom stereocenters. The second kappa shape index (κ2) is 5.90. The van der Waals surface area contributed by atoms with E-state index in [1.165, 1.54) is 11.1 Å². The van der Waals surface area contributed by atoms with Gasteiger partial charge < -0.3 is 10.6 Å². The normalized spacial score (nSPS) is 10.4. The van der Waals surface area contributed by atoms with Crippen molar-refractivity contribution in [3.8, 4) is 0 Å². The Balaban J connectivity index is 2.37. The van der Waals surface area contributed by atoms with Crippen LogP contribution >= 0.6 is 0 Å². The molecule has 0 amide bonds. The van der Waals surface area contributed by atoms with E-state index in [2.05, 4.69) is 59.6 Å². The van der Waals surface area contributed by atoms with Crippen LogP contribution in [0.5, 0.6) is 0 Å². The van der Waals surface area contributed by atoms with E-state index in [1.807, 2.05) is 13.8 Å². The van der Waals surface area contributed by atoms with Gasteiger partial charge in [0.15, 0.2) is 0 Å². The molecule has 0 spiro atoms. The first-order valence-corrected chi connectivity index (χ1v) is 6.94. The molecule has 0 saturated carbocycles. The lowest BCUT2D eigenvalue weighted by molar-refractivity contribution is 1.02. The fourth-order valence-electron chi connectivity index (χ4n) is 2.27. The first-order chi connectivity index (χ1) is 9.49. The number of hydrogen-bond donors (Lipinski definition) is 2. The highest BCUT2D eigenvalue weighted by Gasteiger charge is 2.09. The molecular weight excluding hydrogens is 248 g/mol. The minimum atomic E-state index is 0.762. The summed E-state index contributed by atoms with van der Waals surface area (Å²) in [5.74, 6) is 2.52. The predicted octanol–water partition coefficient (Wildman–Crippen LogP) is 3.89. The zero-order valence-electron chi connectivity index (χ0n) is 12.8. The highest BCUT2D eigenvalue weighted by Crippen LogP contribution is 2.24. The molecule has 0 radical (unpaired) electrons. The van der Waals surface area contributed by atoms with Crippen LogP contribution in [0.3, 0.4) is 0 Å². The summed E-state index contributed by atoms with van der Waals surface area (Å²) in [6, 6.07) is 6.40. The molecule has 0 aliphatic heterocycles. The molecule has 106 valence electrons. The SMILES string of the molecule is CCNc1nc(C)nc(Nc2cc(C)cc(C)c2)c1C. The second-order valence-electron chi connectivity index (χ2n) is 5.12. The maximum absolute atomic E-state index is 4.51. The molecule has 0 atom stereocenters. The summed E-state index contributed by atoms with van der Waals surface area (Å²) in [5.41, 5.74) is 4.58. The van der Waals surface area contributed by atoms with Crippen molar-refractivity contribution in [3.05, 3.63) is 40.7 Å². The Morgan fingerprint density at radius 1 is 0.900 bits per heavy atom. The van der Waals surface area contributed by atoms with Crippen LogP contribution in [-0.2, 0) is 0 Å². The van der Waals surface area contributed by atoms with E-state index in [-0.39, 0.29) is 0 Å². The van der Waals surface area contributed by atoms with E-state index in [4.69, 9.17) is 0 Å². The second-order valence-corrected chi connectivity index (χ2v) is 5.12. The third-order valence-electron chi connectivity index (χ3n) is 3.09. The van der Waals surface area contributed by atoms with E-state index in [0.717, 1.165) is 35.3 Å². The average Bonchev–Trinajstić information content (AvgIpc) is 2.34. The number of nitrogens with zero attached hydrogens (tertiary/aromatic N) is 2. The van der Waals surface area contributed by atoms with Gasteiger partial charge in [-0.15, -0.1) is 0 Å². The number of rotatable bonds is 4. The van der Waals surface area contributed by atoms with Crippen LogP contribution in [-0.4, -0.2) is 16.5 Å². The van der Waals surface area contributed by atoms with E-state index >= 15 is 0 Å². The first-order valence-electron chi connectivity index (χ1n) is 6.94. The third-order valence-corrected chi connectivity index (χ3v) is 3.09. The van der Waals surface area contributed by atoms with Gasteiger partial charge in [-0.25, -0.2) is 9.97 Å². The van der Waals surface area contributed by atoms with Crippen LogP contribution in [0.1, 0.15) is 29.4 Å². The van der Waals surface area contributed by atoms with Gasteiger partial charge in [0.1, 0.15) is 17.5 Å². The summed E-state index contributed by atoms with van der Waals surface area (Å²) in [4.78, 5) is 8.95. The highest BCUT2D eigenvalue weighted by molar-refractivity contribution is 5.65. The molecule has 0 bridgehead atoms. The fraction of sp³-hybridized carbons (Fsp3) is 0.375. The molecule has 1 heterocycles. The van der Waals surface area contributed by atoms with Gasteiger partial charge in [-0.2, -0.15) is 0 Å². The van der Waals surface area contributed by atoms with E-state index in [1.54, 1.807) is 0 Å². The summed E-state index contributed by atoms with van der Waals surface area (Å²) in [5, 5.41) is 6.68. The van der Waals surface area contributed by atoms with Gasteiger partial charge >= 0.3 is 0 Å². The lowest BCUT2D eigenvalue weighted by Gasteiger charge is -2.14. The zero-order chi connectivity index (χ0) is 14.7. The number of anilines is 3. The molecule has 0 fully saturated rings. The topological polar surface area (TPSA) is 49.8 Å². The maximum Gasteiger partial charge on any atom is 0.139 e. The minimum absolute atomic E-state index is 0.762. The molecular formula is C16H22N4. The molecule has 0 saturated heterocycles. The molecule has 4 heteroatoms. The molecule has 2 rings (SSSR count). The van der Waals surface area contributed by atoms with Gasteiger partial charge in [-0.1, -0.05) is 6.07 Å². The Bertz CT molecular complexity index is 600. The van der Waals surface area contributed by atoms with Gasteiger partial charge in [-0.05, 0) is 57.9 Å². The van der Waals surface area contributed by atoms with Gasteiger partial charge in [0.25, 0.3) is 0 Å². The van der Waals surface area contributed by atoms with Crippen LogP contribution in [0.4, 0.5) is 17.3 Å². The van der Waals surface area contributed by atoms with Crippen LogP contribution in [0.2, 0.25) is 0 Å². The molecule has 2 N–H and O–H groups in total. The van der Waals surface area contributed by atoms with Gasteiger partial charge in [0.2, 0.25) is 0 Å². The van der Waals surface area contributed by atoms with Crippen LogP contribution in [0.25, 0.3) is 0 Å². The van der Waals surface area contributed by atoms with Crippen molar-refractivity contribution >= 4 is 17.3 Å².